The predicted molar refractivity (Wildman–Crippen MR) is 88.1 cm³/mol. The standard InChI is InChI=1S/C18H23NO5/c1-2-24-15-5-3-13(4-6-15)16(20)7-8-17(21)19-11-9-14(10-12-19)18(22)23/h3-6,14H,2,7-12H2,1H3,(H,22,23). The fourth-order valence-electron chi connectivity index (χ4n) is 2.80. The van der Waals surface area contributed by atoms with Gasteiger partial charge in [-0.15, -0.1) is 0 Å². The summed E-state index contributed by atoms with van der Waals surface area (Å²) >= 11 is 0. The largest absolute Gasteiger partial charge is 0.494 e. The van der Waals surface area contributed by atoms with Gasteiger partial charge in [-0.2, -0.15) is 0 Å². The van der Waals surface area contributed by atoms with Crippen molar-refractivity contribution in [3.63, 3.8) is 0 Å². The summed E-state index contributed by atoms with van der Waals surface area (Å²) in [6.45, 7) is 3.37. The Morgan fingerprint density at radius 3 is 2.29 bits per heavy atom. The molecule has 1 aliphatic rings. The van der Waals surface area contributed by atoms with Gasteiger partial charge in [0.1, 0.15) is 5.75 Å². The Balaban J connectivity index is 1.79. The molecule has 0 radical (unpaired) electrons. The zero-order chi connectivity index (χ0) is 17.5. The van der Waals surface area contributed by atoms with E-state index in [1.165, 1.54) is 0 Å². The molecule has 24 heavy (non-hydrogen) atoms. The molecule has 1 aromatic carbocycles. The molecule has 1 aromatic rings. The zero-order valence-corrected chi connectivity index (χ0v) is 13.9. The minimum Gasteiger partial charge on any atom is -0.494 e. The van der Waals surface area contributed by atoms with Crippen molar-refractivity contribution >= 4 is 17.7 Å². The topological polar surface area (TPSA) is 83.9 Å². The first-order chi connectivity index (χ1) is 11.5. The van der Waals surface area contributed by atoms with Crippen molar-refractivity contribution in [2.75, 3.05) is 19.7 Å². The number of ketones is 1. The van der Waals surface area contributed by atoms with E-state index >= 15 is 0 Å². The molecule has 6 heteroatoms. The van der Waals surface area contributed by atoms with Gasteiger partial charge in [0.05, 0.1) is 12.5 Å². The molecule has 0 aliphatic carbocycles. The highest BCUT2D eigenvalue weighted by Gasteiger charge is 2.26. The predicted octanol–water partition coefficient (Wildman–Crippen LogP) is 2.37. The zero-order valence-electron chi connectivity index (χ0n) is 13.9. The first kappa shape index (κ1) is 18.0. The number of piperidine rings is 1. The molecule has 0 saturated carbocycles. The number of aliphatic carboxylic acids is 1. The Bertz CT molecular complexity index is 588. The summed E-state index contributed by atoms with van der Waals surface area (Å²) in [5.41, 5.74) is 0.566. The molecule has 1 N–H and O–H groups in total. The van der Waals surface area contributed by atoms with E-state index in [9.17, 15) is 14.4 Å². The number of Topliss-reactive ketones (excluding diaryl/α,β-unsaturated/α-hetero) is 1. The monoisotopic (exact) mass is 333 g/mol. The number of hydrogen-bond acceptors (Lipinski definition) is 4. The number of carbonyl (C=O) groups is 3. The lowest BCUT2D eigenvalue weighted by Gasteiger charge is -2.30. The Morgan fingerprint density at radius 2 is 1.75 bits per heavy atom. The summed E-state index contributed by atoms with van der Waals surface area (Å²) in [5, 5.41) is 8.96. The average molecular weight is 333 g/mol. The Hall–Kier alpha value is -2.37. The van der Waals surface area contributed by atoms with Gasteiger partial charge in [-0.3, -0.25) is 14.4 Å². The molecule has 6 nitrogen and oxygen atoms in total. The van der Waals surface area contributed by atoms with Gasteiger partial charge in [-0.25, -0.2) is 0 Å². The van der Waals surface area contributed by atoms with E-state index in [-0.39, 0.29) is 30.4 Å². The van der Waals surface area contributed by atoms with E-state index in [0.29, 0.717) is 43.9 Å². The molecule has 0 bridgehead atoms. The van der Waals surface area contributed by atoms with E-state index in [2.05, 4.69) is 0 Å². The fraction of sp³-hybridized carbons (Fsp3) is 0.500. The van der Waals surface area contributed by atoms with Crippen LogP contribution in [0.2, 0.25) is 0 Å². The van der Waals surface area contributed by atoms with Crippen molar-refractivity contribution in [2.45, 2.75) is 32.6 Å². The molecule has 1 heterocycles. The van der Waals surface area contributed by atoms with Gasteiger partial charge in [-0.1, -0.05) is 0 Å². The highest BCUT2D eigenvalue weighted by Crippen LogP contribution is 2.19. The fourth-order valence-corrected chi connectivity index (χ4v) is 2.80. The quantitative estimate of drug-likeness (QED) is 0.775. The number of ether oxygens (including phenoxy) is 1. The Morgan fingerprint density at radius 1 is 1.12 bits per heavy atom. The second-order valence-corrected chi connectivity index (χ2v) is 5.87. The molecule has 0 atom stereocenters. The van der Waals surface area contributed by atoms with Crippen LogP contribution in [0.25, 0.3) is 0 Å². The van der Waals surface area contributed by atoms with Crippen LogP contribution in [0.3, 0.4) is 0 Å². The third kappa shape index (κ3) is 4.81. The van der Waals surface area contributed by atoms with Crippen LogP contribution in [-0.2, 0) is 9.59 Å². The highest BCUT2D eigenvalue weighted by molar-refractivity contribution is 5.98. The number of amides is 1. The summed E-state index contributed by atoms with van der Waals surface area (Å²) in [6, 6.07) is 6.90. The molecule has 1 aliphatic heterocycles. The number of carboxylic acid groups (broad SMARTS) is 1. The van der Waals surface area contributed by atoms with E-state index in [4.69, 9.17) is 9.84 Å². The molecule has 1 amide bonds. The molecular formula is C18H23NO5. The van der Waals surface area contributed by atoms with Crippen molar-refractivity contribution < 1.29 is 24.2 Å². The van der Waals surface area contributed by atoms with Crippen LogP contribution in [0.15, 0.2) is 24.3 Å². The van der Waals surface area contributed by atoms with Crippen LogP contribution in [0.4, 0.5) is 0 Å². The third-order valence-corrected chi connectivity index (χ3v) is 4.25. The lowest BCUT2D eigenvalue weighted by atomic mass is 9.96. The summed E-state index contributed by atoms with van der Waals surface area (Å²) < 4.78 is 5.33. The average Bonchev–Trinajstić information content (AvgIpc) is 2.60. The van der Waals surface area contributed by atoms with Crippen molar-refractivity contribution in [3.8, 4) is 5.75 Å². The van der Waals surface area contributed by atoms with E-state index in [1.807, 2.05) is 6.92 Å². The lowest BCUT2D eigenvalue weighted by molar-refractivity contribution is -0.145. The first-order valence-electron chi connectivity index (χ1n) is 8.28. The first-order valence-corrected chi connectivity index (χ1v) is 8.28. The smallest absolute Gasteiger partial charge is 0.306 e. The van der Waals surface area contributed by atoms with Crippen LogP contribution in [0.1, 0.15) is 43.0 Å². The molecule has 0 aromatic heterocycles. The number of nitrogens with zero attached hydrogens (tertiary/aromatic N) is 1. The van der Waals surface area contributed by atoms with Crippen LogP contribution in [-0.4, -0.2) is 47.4 Å². The maximum atomic E-state index is 12.2. The van der Waals surface area contributed by atoms with Crippen molar-refractivity contribution in [2.24, 2.45) is 5.92 Å². The highest BCUT2D eigenvalue weighted by atomic mass is 16.5. The molecule has 1 fully saturated rings. The third-order valence-electron chi connectivity index (χ3n) is 4.25. The SMILES string of the molecule is CCOc1ccc(C(=O)CCC(=O)N2CCC(C(=O)O)CC2)cc1. The number of benzene rings is 1. The summed E-state index contributed by atoms with van der Waals surface area (Å²) in [6.07, 6.45) is 1.28. The number of hydrogen-bond donors (Lipinski definition) is 1. The molecule has 130 valence electrons. The summed E-state index contributed by atoms with van der Waals surface area (Å²) in [7, 11) is 0. The van der Waals surface area contributed by atoms with Gasteiger partial charge < -0.3 is 14.7 Å². The minimum atomic E-state index is -0.798. The summed E-state index contributed by atoms with van der Waals surface area (Å²) in [5.74, 6) is -0.608. The van der Waals surface area contributed by atoms with Gasteiger partial charge in [0.2, 0.25) is 5.91 Å². The molecule has 1 saturated heterocycles. The van der Waals surface area contributed by atoms with Crippen LogP contribution >= 0.6 is 0 Å². The minimum absolute atomic E-state index is 0.0770. The number of rotatable bonds is 7. The van der Waals surface area contributed by atoms with Gasteiger partial charge >= 0.3 is 5.97 Å². The van der Waals surface area contributed by atoms with E-state index in [0.717, 1.165) is 0 Å². The van der Waals surface area contributed by atoms with Crippen molar-refractivity contribution in [1.82, 2.24) is 4.90 Å². The molecular weight excluding hydrogens is 310 g/mol. The van der Waals surface area contributed by atoms with E-state index < -0.39 is 5.97 Å². The molecule has 0 unspecified atom stereocenters. The number of carbonyl (C=O) groups excluding carboxylic acids is 2. The van der Waals surface area contributed by atoms with Crippen molar-refractivity contribution in [1.29, 1.82) is 0 Å². The maximum Gasteiger partial charge on any atom is 0.306 e. The molecule has 2 rings (SSSR count). The number of carboxylic acids is 1. The van der Waals surface area contributed by atoms with Crippen LogP contribution < -0.4 is 4.74 Å². The van der Waals surface area contributed by atoms with Crippen molar-refractivity contribution in [3.05, 3.63) is 29.8 Å². The maximum absolute atomic E-state index is 12.2. The second kappa shape index (κ2) is 8.47. The van der Waals surface area contributed by atoms with Gasteiger partial charge in [0.25, 0.3) is 0 Å². The number of likely N-dealkylation sites (tertiary alicyclic amines) is 1. The summed E-state index contributed by atoms with van der Waals surface area (Å²) in [4.78, 5) is 36.9. The van der Waals surface area contributed by atoms with E-state index in [1.54, 1.807) is 29.2 Å². The molecule has 0 spiro atoms. The van der Waals surface area contributed by atoms with Crippen LogP contribution in [0.5, 0.6) is 5.75 Å². The Kier molecular flexibility index (Phi) is 6.35. The van der Waals surface area contributed by atoms with Gasteiger partial charge in [0.15, 0.2) is 5.78 Å². The van der Waals surface area contributed by atoms with Crippen LogP contribution in [0, 0.1) is 5.92 Å². The lowest BCUT2D eigenvalue weighted by Crippen LogP contribution is -2.40. The normalized spacial score (nSPS) is 15.1. The van der Waals surface area contributed by atoms with Gasteiger partial charge in [0, 0.05) is 31.5 Å². The second-order valence-electron chi connectivity index (χ2n) is 5.87. The van der Waals surface area contributed by atoms with Gasteiger partial charge in [-0.05, 0) is 44.0 Å². The Labute approximate surface area is 141 Å².